The molecule has 0 radical (unpaired) electrons. The van der Waals surface area contributed by atoms with Gasteiger partial charge in [-0.25, -0.2) is 18.9 Å². The van der Waals surface area contributed by atoms with E-state index in [1.807, 2.05) is 48.5 Å². The fourth-order valence-corrected chi connectivity index (χ4v) is 4.13. The molecule has 2 aromatic heterocycles. The number of rotatable bonds is 8. The minimum Gasteiger partial charge on any atom is -0.497 e. The molecule has 31 heavy (non-hydrogen) atoms. The van der Waals surface area contributed by atoms with Gasteiger partial charge in [-0.05, 0) is 36.8 Å². The number of hydrogen-bond donors (Lipinski definition) is 1. The van der Waals surface area contributed by atoms with Gasteiger partial charge in [-0.3, -0.25) is 4.79 Å². The number of carbonyl (C=O) groups is 1. The first-order valence-electron chi connectivity index (χ1n) is 10.1. The van der Waals surface area contributed by atoms with Gasteiger partial charge in [0.2, 0.25) is 5.91 Å². The van der Waals surface area contributed by atoms with Crippen molar-refractivity contribution in [1.29, 1.82) is 0 Å². The minimum absolute atomic E-state index is 0.137. The Kier molecular flexibility index (Phi) is 6.22. The molecular formula is C22H23N5O3S. The maximum Gasteiger partial charge on any atom is 0.351 e. The van der Waals surface area contributed by atoms with Crippen LogP contribution in [0.2, 0.25) is 0 Å². The average Bonchev–Trinajstić information content (AvgIpc) is 3.11. The third-order valence-corrected chi connectivity index (χ3v) is 5.73. The Balaban J connectivity index is 1.78. The van der Waals surface area contributed by atoms with Gasteiger partial charge in [0.1, 0.15) is 17.3 Å². The number of hydrogen-bond acceptors (Lipinski definition) is 6. The summed E-state index contributed by atoms with van der Waals surface area (Å²) in [6, 6.07) is 15.0. The van der Waals surface area contributed by atoms with Crippen LogP contribution in [0.4, 0.5) is 0 Å². The van der Waals surface area contributed by atoms with Crippen LogP contribution in [0.1, 0.15) is 19.8 Å². The molecule has 0 bridgehead atoms. The Morgan fingerprint density at radius 2 is 2.03 bits per heavy atom. The smallest absolute Gasteiger partial charge is 0.351 e. The van der Waals surface area contributed by atoms with Crippen molar-refractivity contribution in [2.75, 3.05) is 13.7 Å². The van der Waals surface area contributed by atoms with Gasteiger partial charge in [0.15, 0.2) is 5.65 Å². The number of benzene rings is 2. The highest BCUT2D eigenvalue weighted by Gasteiger charge is 2.18. The fourth-order valence-electron chi connectivity index (χ4n) is 3.21. The quantitative estimate of drug-likeness (QED) is 0.426. The van der Waals surface area contributed by atoms with E-state index in [0.29, 0.717) is 28.3 Å². The predicted molar refractivity (Wildman–Crippen MR) is 120 cm³/mol. The summed E-state index contributed by atoms with van der Waals surface area (Å²) in [6.45, 7) is 2.50. The molecule has 2 aromatic carbocycles. The summed E-state index contributed by atoms with van der Waals surface area (Å²) in [6.07, 6.45) is 1.87. The van der Waals surface area contributed by atoms with E-state index in [1.54, 1.807) is 7.11 Å². The molecule has 0 atom stereocenters. The zero-order valence-electron chi connectivity index (χ0n) is 17.4. The number of unbranched alkanes of at least 4 members (excludes halogenated alkanes) is 1. The Morgan fingerprint density at radius 1 is 1.19 bits per heavy atom. The summed E-state index contributed by atoms with van der Waals surface area (Å²) in [5.41, 5.74) is 1.37. The zero-order chi connectivity index (χ0) is 21.8. The van der Waals surface area contributed by atoms with Crippen LogP contribution < -0.4 is 15.7 Å². The van der Waals surface area contributed by atoms with E-state index in [9.17, 15) is 9.59 Å². The molecule has 8 nitrogen and oxygen atoms in total. The van der Waals surface area contributed by atoms with Crippen LogP contribution in [0.5, 0.6) is 5.75 Å². The molecule has 0 saturated carbocycles. The minimum atomic E-state index is -0.369. The Morgan fingerprint density at radius 3 is 2.84 bits per heavy atom. The van der Waals surface area contributed by atoms with Gasteiger partial charge < -0.3 is 10.1 Å². The van der Waals surface area contributed by atoms with Crippen molar-refractivity contribution >= 4 is 34.3 Å². The van der Waals surface area contributed by atoms with E-state index >= 15 is 0 Å². The lowest BCUT2D eigenvalue weighted by atomic mass is 10.3. The second kappa shape index (κ2) is 9.22. The fraction of sp³-hybridized carbons (Fsp3) is 0.273. The van der Waals surface area contributed by atoms with Gasteiger partial charge in [0.05, 0.1) is 18.1 Å². The van der Waals surface area contributed by atoms with Crippen LogP contribution in [-0.4, -0.2) is 38.7 Å². The van der Waals surface area contributed by atoms with Gasteiger partial charge in [-0.1, -0.05) is 43.3 Å². The topological polar surface area (TPSA) is 90.5 Å². The van der Waals surface area contributed by atoms with Gasteiger partial charge >= 0.3 is 5.69 Å². The van der Waals surface area contributed by atoms with Crippen molar-refractivity contribution < 1.29 is 9.53 Å². The molecule has 160 valence electrons. The first kappa shape index (κ1) is 20.9. The summed E-state index contributed by atoms with van der Waals surface area (Å²) in [5, 5.41) is 7.86. The van der Waals surface area contributed by atoms with Crippen LogP contribution in [0, 0.1) is 0 Å². The molecule has 0 saturated heterocycles. The number of aromatic nitrogens is 4. The van der Waals surface area contributed by atoms with E-state index < -0.39 is 0 Å². The first-order chi connectivity index (χ1) is 15.1. The summed E-state index contributed by atoms with van der Waals surface area (Å²) < 4.78 is 8.02. The molecule has 2 heterocycles. The van der Waals surface area contributed by atoms with Gasteiger partial charge in [-0.15, -0.1) is 5.10 Å². The van der Waals surface area contributed by atoms with E-state index in [0.717, 1.165) is 23.5 Å². The highest BCUT2D eigenvalue weighted by Crippen LogP contribution is 2.32. The van der Waals surface area contributed by atoms with Crippen LogP contribution in [0.25, 0.3) is 16.7 Å². The lowest BCUT2D eigenvalue weighted by molar-refractivity contribution is -0.121. The van der Waals surface area contributed by atoms with Gasteiger partial charge in [0, 0.05) is 11.4 Å². The van der Waals surface area contributed by atoms with Crippen molar-refractivity contribution in [3.8, 4) is 5.75 Å². The van der Waals surface area contributed by atoms with Crippen molar-refractivity contribution in [3.63, 3.8) is 0 Å². The van der Waals surface area contributed by atoms with Gasteiger partial charge in [-0.2, -0.15) is 0 Å². The third kappa shape index (κ3) is 4.41. The van der Waals surface area contributed by atoms with E-state index in [2.05, 4.69) is 17.3 Å². The van der Waals surface area contributed by atoms with Crippen LogP contribution in [0.15, 0.2) is 63.2 Å². The molecule has 0 aliphatic carbocycles. The second-order valence-corrected chi connectivity index (χ2v) is 8.05. The molecular weight excluding hydrogens is 414 g/mol. The number of ether oxygens (including phenoxy) is 1. The number of para-hydroxylation sites is 2. The van der Waals surface area contributed by atoms with E-state index in [1.165, 1.54) is 20.8 Å². The van der Waals surface area contributed by atoms with Crippen LogP contribution in [0.3, 0.4) is 0 Å². The molecule has 1 N–H and O–H groups in total. The number of fused-ring (bicyclic) bond motifs is 3. The largest absolute Gasteiger partial charge is 0.497 e. The van der Waals surface area contributed by atoms with Crippen molar-refractivity contribution in [2.45, 2.75) is 36.2 Å². The maximum absolute atomic E-state index is 13.1. The number of nitrogens with one attached hydrogen (secondary N) is 1. The lowest BCUT2D eigenvalue weighted by Crippen LogP contribution is -2.33. The molecule has 0 spiro atoms. The monoisotopic (exact) mass is 437 g/mol. The third-order valence-electron chi connectivity index (χ3n) is 4.78. The molecule has 4 aromatic rings. The standard InChI is InChI=1S/C22H23N5O3S/c1-3-4-12-23-19(28)14-26-22(29)27-18-11-6-5-10-17(18)24-21(20(27)25-26)31-16-9-7-8-15(13-16)30-2/h5-11,13H,3-4,12,14H2,1-2H3,(H,23,28). The summed E-state index contributed by atoms with van der Waals surface area (Å²) in [7, 11) is 1.61. The molecule has 0 unspecified atom stereocenters. The summed E-state index contributed by atoms with van der Waals surface area (Å²) in [5.74, 6) is 0.492. The Bertz CT molecular complexity index is 1300. The maximum atomic E-state index is 13.1. The summed E-state index contributed by atoms with van der Waals surface area (Å²) >= 11 is 1.39. The van der Waals surface area contributed by atoms with Gasteiger partial charge in [0.25, 0.3) is 0 Å². The number of nitrogens with zero attached hydrogens (tertiary/aromatic N) is 4. The molecule has 4 rings (SSSR count). The highest BCUT2D eigenvalue weighted by molar-refractivity contribution is 7.99. The highest BCUT2D eigenvalue weighted by atomic mass is 32.2. The van der Waals surface area contributed by atoms with Crippen molar-refractivity contribution in [1.82, 2.24) is 24.5 Å². The van der Waals surface area contributed by atoms with Crippen molar-refractivity contribution in [3.05, 3.63) is 59.0 Å². The van der Waals surface area contributed by atoms with E-state index in [4.69, 9.17) is 9.72 Å². The number of amides is 1. The van der Waals surface area contributed by atoms with E-state index in [-0.39, 0.29) is 18.1 Å². The molecule has 1 amide bonds. The Hall–Kier alpha value is -3.33. The second-order valence-electron chi connectivity index (χ2n) is 6.99. The number of methoxy groups -OCH3 is 1. The normalized spacial score (nSPS) is 11.2. The zero-order valence-corrected chi connectivity index (χ0v) is 18.2. The van der Waals surface area contributed by atoms with Crippen molar-refractivity contribution in [2.24, 2.45) is 0 Å². The summed E-state index contributed by atoms with van der Waals surface area (Å²) in [4.78, 5) is 31.1. The molecule has 9 heteroatoms. The molecule has 0 aliphatic rings. The Labute approximate surface area is 183 Å². The molecule has 0 fully saturated rings. The SMILES string of the molecule is CCCCNC(=O)Cn1nc2c(Sc3cccc(OC)c3)nc3ccccc3n2c1=O. The molecule has 0 aliphatic heterocycles. The van der Waals surface area contributed by atoms with Crippen LogP contribution >= 0.6 is 11.8 Å². The first-order valence-corrected chi connectivity index (χ1v) is 10.9. The lowest BCUT2D eigenvalue weighted by Gasteiger charge is -2.07. The number of carbonyl (C=O) groups excluding carboxylic acids is 1. The predicted octanol–water partition coefficient (Wildman–Crippen LogP) is 3.12. The average molecular weight is 438 g/mol. The van der Waals surface area contributed by atoms with Crippen LogP contribution in [-0.2, 0) is 11.3 Å².